The summed E-state index contributed by atoms with van der Waals surface area (Å²) in [6.07, 6.45) is 2.64. The van der Waals surface area contributed by atoms with Gasteiger partial charge in [-0.25, -0.2) is 0 Å². The van der Waals surface area contributed by atoms with Crippen molar-refractivity contribution in [1.29, 1.82) is 0 Å². The Morgan fingerprint density at radius 2 is 1.80 bits per heavy atom. The van der Waals surface area contributed by atoms with E-state index in [0.29, 0.717) is 0 Å². The maximum Gasteiger partial charge on any atom is 0.194 e. The molecule has 0 spiro atoms. The molecule has 2 unspecified atom stereocenters. The van der Waals surface area contributed by atoms with E-state index in [1.165, 1.54) is 16.8 Å². The van der Waals surface area contributed by atoms with Gasteiger partial charge in [-0.15, -0.1) is 24.0 Å². The van der Waals surface area contributed by atoms with E-state index in [-0.39, 0.29) is 36.2 Å². The lowest BCUT2D eigenvalue weighted by Crippen LogP contribution is -2.45. The lowest BCUT2D eigenvalue weighted by Gasteiger charge is -2.35. The van der Waals surface area contributed by atoms with Gasteiger partial charge in [0.1, 0.15) is 0 Å². The van der Waals surface area contributed by atoms with Crippen molar-refractivity contribution in [2.45, 2.75) is 45.7 Å². The summed E-state index contributed by atoms with van der Waals surface area (Å²) in [7, 11) is 5.99. The number of ether oxygens (including phenoxy) is 1. The highest BCUT2D eigenvalue weighted by Gasteiger charge is 2.22. The van der Waals surface area contributed by atoms with Crippen LogP contribution in [0.1, 0.15) is 30.7 Å². The molecular weight excluding hydrogens is 489 g/mol. The van der Waals surface area contributed by atoms with E-state index >= 15 is 0 Å². The number of guanidine groups is 1. The topological polar surface area (TPSA) is 45.0 Å². The largest absolute Gasteiger partial charge is 0.373 e. The molecule has 6 nitrogen and oxygen atoms in total. The maximum absolute atomic E-state index is 5.88. The summed E-state index contributed by atoms with van der Waals surface area (Å²) >= 11 is 0. The summed E-state index contributed by atoms with van der Waals surface area (Å²) in [6, 6.07) is 12.9. The Morgan fingerprint density at radius 3 is 2.40 bits per heavy atom. The second-order valence-corrected chi connectivity index (χ2v) is 8.09. The Balaban J connectivity index is 0.00000320. The van der Waals surface area contributed by atoms with Crippen LogP contribution in [0, 0.1) is 0 Å². The number of nitrogens with zero attached hydrogens (tertiary/aromatic N) is 4. The molecule has 0 aliphatic carbocycles. The Bertz CT molecular complexity index is 811. The molecule has 0 bridgehead atoms. The van der Waals surface area contributed by atoms with Crippen LogP contribution in [0.5, 0.6) is 0 Å². The molecule has 1 aromatic heterocycles. The number of hydrogen-bond acceptors (Lipinski definition) is 3. The number of rotatable bonds is 6. The minimum absolute atomic E-state index is 0. The van der Waals surface area contributed by atoms with Crippen molar-refractivity contribution in [1.82, 2.24) is 19.7 Å². The van der Waals surface area contributed by atoms with Gasteiger partial charge in [0, 0.05) is 59.2 Å². The zero-order valence-corrected chi connectivity index (χ0v) is 21.2. The van der Waals surface area contributed by atoms with Gasteiger partial charge in [0.15, 0.2) is 5.96 Å². The first kappa shape index (κ1) is 24.7. The van der Waals surface area contributed by atoms with E-state index in [4.69, 9.17) is 4.74 Å². The Labute approximate surface area is 198 Å². The molecule has 30 heavy (non-hydrogen) atoms. The quantitative estimate of drug-likeness (QED) is 0.357. The molecule has 3 rings (SSSR count). The molecule has 0 amide bonds. The van der Waals surface area contributed by atoms with E-state index in [2.05, 4.69) is 95.2 Å². The van der Waals surface area contributed by atoms with Gasteiger partial charge >= 0.3 is 0 Å². The molecular formula is C23H36IN5O. The van der Waals surface area contributed by atoms with Crippen molar-refractivity contribution < 1.29 is 4.74 Å². The Hall–Kier alpha value is -1.58. The molecule has 1 aromatic carbocycles. The SMILES string of the molecule is CN=C(NCc1ccccc1CN1CC(C)OC(C)C1)N(C)Cc1cccn1C.I. The number of hydrogen-bond donors (Lipinski definition) is 1. The Kier molecular flexibility index (Phi) is 9.64. The molecule has 0 radical (unpaired) electrons. The molecule has 1 N–H and O–H groups in total. The van der Waals surface area contributed by atoms with Gasteiger partial charge < -0.3 is 19.5 Å². The smallest absolute Gasteiger partial charge is 0.194 e. The van der Waals surface area contributed by atoms with Crippen molar-refractivity contribution in [3.63, 3.8) is 0 Å². The van der Waals surface area contributed by atoms with E-state index in [1.54, 1.807) is 0 Å². The predicted molar refractivity (Wildman–Crippen MR) is 134 cm³/mol. The van der Waals surface area contributed by atoms with Crippen molar-refractivity contribution in [2.24, 2.45) is 12.0 Å². The van der Waals surface area contributed by atoms with Gasteiger partial charge in [-0.3, -0.25) is 9.89 Å². The first-order chi connectivity index (χ1) is 14.0. The highest BCUT2D eigenvalue weighted by atomic mass is 127. The van der Waals surface area contributed by atoms with Crippen LogP contribution in [0.3, 0.4) is 0 Å². The van der Waals surface area contributed by atoms with Crippen LogP contribution in [0.2, 0.25) is 0 Å². The van der Waals surface area contributed by atoms with Crippen molar-refractivity contribution >= 4 is 29.9 Å². The fraction of sp³-hybridized carbons (Fsp3) is 0.522. The number of halogens is 1. The van der Waals surface area contributed by atoms with Crippen LogP contribution in [0.25, 0.3) is 0 Å². The number of aromatic nitrogens is 1. The predicted octanol–water partition coefficient (Wildman–Crippen LogP) is 3.46. The summed E-state index contributed by atoms with van der Waals surface area (Å²) < 4.78 is 8.02. The zero-order valence-electron chi connectivity index (χ0n) is 18.8. The lowest BCUT2D eigenvalue weighted by molar-refractivity contribution is -0.0705. The molecule has 0 saturated carbocycles. The van der Waals surface area contributed by atoms with Gasteiger partial charge in [0.25, 0.3) is 0 Å². The fourth-order valence-corrected chi connectivity index (χ4v) is 4.08. The molecule has 1 aliphatic rings. The third-order valence-corrected chi connectivity index (χ3v) is 5.47. The monoisotopic (exact) mass is 525 g/mol. The van der Waals surface area contributed by atoms with Crippen molar-refractivity contribution in [3.8, 4) is 0 Å². The van der Waals surface area contributed by atoms with Gasteiger partial charge in [0.05, 0.1) is 18.8 Å². The van der Waals surface area contributed by atoms with Crippen molar-refractivity contribution in [3.05, 3.63) is 59.4 Å². The fourth-order valence-electron chi connectivity index (χ4n) is 4.08. The Morgan fingerprint density at radius 1 is 1.13 bits per heavy atom. The third-order valence-electron chi connectivity index (χ3n) is 5.47. The number of aryl methyl sites for hydroxylation is 1. The van der Waals surface area contributed by atoms with E-state index in [1.807, 2.05) is 7.05 Å². The normalized spacial score (nSPS) is 20.0. The van der Waals surface area contributed by atoms with E-state index in [0.717, 1.165) is 38.7 Å². The van der Waals surface area contributed by atoms with Crippen LogP contribution in [-0.2, 0) is 31.4 Å². The second kappa shape index (κ2) is 11.7. The number of aliphatic imine (C=N–C) groups is 1. The van der Waals surface area contributed by atoms with E-state index < -0.39 is 0 Å². The summed E-state index contributed by atoms with van der Waals surface area (Å²) in [5.74, 6) is 0.898. The molecule has 1 aliphatic heterocycles. The molecule has 7 heteroatoms. The molecule has 2 atom stereocenters. The zero-order chi connectivity index (χ0) is 20.8. The number of nitrogens with one attached hydrogen (secondary N) is 1. The summed E-state index contributed by atoms with van der Waals surface area (Å²) in [5.41, 5.74) is 3.93. The molecule has 2 heterocycles. The van der Waals surface area contributed by atoms with E-state index in [9.17, 15) is 0 Å². The average Bonchev–Trinajstić information content (AvgIpc) is 3.07. The van der Waals surface area contributed by atoms with Gasteiger partial charge in [0.2, 0.25) is 0 Å². The maximum atomic E-state index is 5.88. The summed E-state index contributed by atoms with van der Waals surface area (Å²) in [5, 5.41) is 3.54. The molecule has 166 valence electrons. The molecule has 1 fully saturated rings. The summed E-state index contributed by atoms with van der Waals surface area (Å²) in [6.45, 7) is 8.80. The van der Waals surface area contributed by atoms with Gasteiger partial charge in [-0.1, -0.05) is 24.3 Å². The van der Waals surface area contributed by atoms with Gasteiger partial charge in [-0.05, 0) is 37.1 Å². The van der Waals surface area contributed by atoms with Gasteiger partial charge in [-0.2, -0.15) is 0 Å². The minimum atomic E-state index is 0. The lowest BCUT2D eigenvalue weighted by atomic mass is 10.1. The average molecular weight is 525 g/mol. The summed E-state index contributed by atoms with van der Waals surface area (Å²) in [4.78, 5) is 9.12. The number of benzene rings is 1. The highest BCUT2D eigenvalue weighted by Crippen LogP contribution is 2.17. The molecule has 2 aromatic rings. The van der Waals surface area contributed by atoms with Crippen LogP contribution in [0.4, 0.5) is 0 Å². The minimum Gasteiger partial charge on any atom is -0.373 e. The number of morpholine rings is 1. The highest BCUT2D eigenvalue weighted by molar-refractivity contribution is 14.0. The van der Waals surface area contributed by atoms with Crippen LogP contribution in [-0.4, -0.2) is 59.7 Å². The van der Waals surface area contributed by atoms with Crippen LogP contribution in [0.15, 0.2) is 47.6 Å². The van der Waals surface area contributed by atoms with Crippen LogP contribution < -0.4 is 5.32 Å². The third kappa shape index (κ3) is 6.72. The molecule has 1 saturated heterocycles. The van der Waals surface area contributed by atoms with Crippen molar-refractivity contribution in [2.75, 3.05) is 27.2 Å². The standard InChI is InChI=1S/C23H35N5O.HI/c1-18-14-28(15-19(2)29-18)16-21-10-7-6-9-20(21)13-25-23(24-3)27(5)17-22-11-8-12-26(22)4;/h6-12,18-19H,13-17H2,1-5H3,(H,24,25);1H. The van der Waals surface area contributed by atoms with Crippen LogP contribution >= 0.6 is 24.0 Å². The first-order valence-electron chi connectivity index (χ1n) is 10.4. The first-order valence-corrected chi connectivity index (χ1v) is 10.4. The second-order valence-electron chi connectivity index (χ2n) is 8.09.